The van der Waals surface area contributed by atoms with Crippen LogP contribution in [0.15, 0.2) is 52.6 Å². The van der Waals surface area contributed by atoms with Crippen molar-refractivity contribution in [1.29, 1.82) is 0 Å². The van der Waals surface area contributed by atoms with Gasteiger partial charge in [0.25, 0.3) is 0 Å². The predicted molar refractivity (Wildman–Crippen MR) is 78.7 cm³/mol. The van der Waals surface area contributed by atoms with Crippen molar-refractivity contribution in [3.05, 3.63) is 58.8 Å². The quantitative estimate of drug-likeness (QED) is 0.797. The first-order valence-electron chi connectivity index (χ1n) is 6.27. The second-order valence-corrected chi connectivity index (χ2v) is 5.08. The number of hydrogen-bond donors (Lipinski definition) is 0. The molecule has 0 aliphatic heterocycles. The van der Waals surface area contributed by atoms with E-state index >= 15 is 0 Å². The minimum absolute atomic E-state index is 0.202. The lowest BCUT2D eigenvalue weighted by Crippen LogP contribution is -2.10. The molecule has 4 nitrogen and oxygen atoms in total. The van der Waals surface area contributed by atoms with Gasteiger partial charge in [0, 0.05) is 17.2 Å². The van der Waals surface area contributed by atoms with E-state index in [4.69, 9.17) is 16.1 Å². The fourth-order valence-corrected chi connectivity index (χ4v) is 2.28. The van der Waals surface area contributed by atoms with E-state index in [1.165, 1.54) is 12.2 Å². The molecule has 0 amide bonds. The highest BCUT2D eigenvalue weighted by molar-refractivity contribution is 6.35. The Hall–Kier alpha value is -2.46. The molecule has 1 aliphatic rings. The van der Waals surface area contributed by atoms with Crippen LogP contribution in [-0.2, 0) is 9.59 Å². The maximum atomic E-state index is 12.0. The fraction of sp³-hybridized carbons (Fsp3) is 0.0625. The molecule has 0 spiro atoms. The molecule has 21 heavy (non-hydrogen) atoms. The number of rotatable bonds is 2. The average molecular weight is 300 g/mol. The molecule has 0 bridgehead atoms. The number of aromatic nitrogens is 1. The van der Waals surface area contributed by atoms with Gasteiger partial charge < -0.3 is 4.52 Å². The highest BCUT2D eigenvalue weighted by Gasteiger charge is 2.22. The summed E-state index contributed by atoms with van der Waals surface area (Å²) in [6.07, 6.45) is 2.59. The van der Waals surface area contributed by atoms with Gasteiger partial charge in [-0.15, -0.1) is 0 Å². The Morgan fingerprint density at radius 1 is 1.10 bits per heavy atom. The molecule has 3 rings (SSSR count). The third-order valence-corrected chi connectivity index (χ3v) is 3.53. The Morgan fingerprint density at radius 2 is 1.86 bits per heavy atom. The van der Waals surface area contributed by atoms with E-state index in [2.05, 4.69) is 5.16 Å². The van der Waals surface area contributed by atoms with Crippen LogP contribution in [0.1, 0.15) is 12.6 Å². The molecule has 0 unspecified atom stereocenters. The van der Waals surface area contributed by atoms with Crippen LogP contribution in [0, 0.1) is 0 Å². The van der Waals surface area contributed by atoms with Gasteiger partial charge in [-0.25, -0.2) is 0 Å². The second kappa shape index (κ2) is 5.14. The summed E-state index contributed by atoms with van der Waals surface area (Å²) in [4.78, 5) is 23.6. The first kappa shape index (κ1) is 13.5. The maximum absolute atomic E-state index is 12.0. The number of carbonyl (C=O) groups is 2. The van der Waals surface area contributed by atoms with Crippen molar-refractivity contribution in [2.75, 3.05) is 0 Å². The smallest absolute Gasteiger partial charge is 0.188 e. The van der Waals surface area contributed by atoms with Crippen LogP contribution in [0.2, 0.25) is 5.02 Å². The number of hydrogen-bond acceptors (Lipinski definition) is 4. The van der Waals surface area contributed by atoms with Crippen LogP contribution >= 0.6 is 11.6 Å². The van der Waals surface area contributed by atoms with E-state index in [1.807, 2.05) is 12.1 Å². The van der Waals surface area contributed by atoms with Gasteiger partial charge in [0.05, 0.1) is 10.6 Å². The zero-order valence-electron chi connectivity index (χ0n) is 11.1. The minimum Gasteiger partial charge on any atom is -0.356 e. The summed E-state index contributed by atoms with van der Waals surface area (Å²) in [6, 6.07) is 8.76. The van der Waals surface area contributed by atoms with Crippen molar-refractivity contribution in [2.45, 2.75) is 6.92 Å². The molecule has 104 valence electrons. The van der Waals surface area contributed by atoms with Gasteiger partial charge in [0.2, 0.25) is 0 Å². The lowest BCUT2D eigenvalue weighted by atomic mass is 9.96. The molecular formula is C16H10ClNO3. The molecule has 0 fully saturated rings. The predicted octanol–water partition coefficient (Wildman–Crippen LogP) is 3.48. The third kappa shape index (κ3) is 2.45. The highest BCUT2D eigenvalue weighted by Crippen LogP contribution is 2.30. The lowest BCUT2D eigenvalue weighted by Gasteiger charge is -2.05. The minimum atomic E-state index is -0.258. The number of ketones is 2. The molecule has 1 aromatic carbocycles. The summed E-state index contributed by atoms with van der Waals surface area (Å²) >= 11 is 6.09. The van der Waals surface area contributed by atoms with E-state index in [-0.39, 0.29) is 17.1 Å². The topological polar surface area (TPSA) is 60.2 Å². The first-order chi connectivity index (χ1) is 10.1. The van der Waals surface area contributed by atoms with Crippen LogP contribution in [0.4, 0.5) is 0 Å². The number of halogens is 1. The molecule has 0 N–H and O–H groups in total. The van der Waals surface area contributed by atoms with Crippen LogP contribution in [0.5, 0.6) is 0 Å². The molecule has 2 aromatic rings. The Bertz CT molecular complexity index is 814. The van der Waals surface area contributed by atoms with Gasteiger partial charge in [-0.05, 0) is 31.2 Å². The maximum Gasteiger partial charge on any atom is 0.188 e. The van der Waals surface area contributed by atoms with Gasteiger partial charge >= 0.3 is 0 Å². The van der Waals surface area contributed by atoms with E-state index in [0.717, 1.165) is 0 Å². The molecule has 1 heterocycles. The van der Waals surface area contributed by atoms with Gasteiger partial charge in [0.1, 0.15) is 5.69 Å². The molecule has 0 atom stereocenters. The standard InChI is InChI=1S/C16H10ClNO3/c1-9-6-15(20)11(7-14(9)19)13-8-16(21-18-13)10-4-2-3-5-12(10)17/h2-8H,1H3. The number of nitrogens with zero attached hydrogens (tertiary/aromatic N) is 1. The van der Waals surface area contributed by atoms with Crippen molar-refractivity contribution in [3.8, 4) is 11.3 Å². The normalized spacial score (nSPS) is 15.0. The molecule has 5 heteroatoms. The summed E-state index contributed by atoms with van der Waals surface area (Å²) in [5, 5.41) is 4.39. The van der Waals surface area contributed by atoms with E-state index < -0.39 is 0 Å². The summed E-state index contributed by atoms with van der Waals surface area (Å²) in [6.45, 7) is 1.60. The van der Waals surface area contributed by atoms with E-state index in [1.54, 1.807) is 25.1 Å². The molecule has 1 aliphatic carbocycles. The molecular weight excluding hydrogens is 290 g/mol. The van der Waals surface area contributed by atoms with Crippen LogP contribution in [-0.4, -0.2) is 16.7 Å². The van der Waals surface area contributed by atoms with Crippen molar-refractivity contribution in [3.63, 3.8) is 0 Å². The van der Waals surface area contributed by atoms with Crippen LogP contribution < -0.4 is 0 Å². The van der Waals surface area contributed by atoms with Crippen molar-refractivity contribution in [1.82, 2.24) is 5.16 Å². The largest absolute Gasteiger partial charge is 0.356 e. The Kier molecular flexibility index (Phi) is 3.31. The summed E-state index contributed by atoms with van der Waals surface area (Å²) < 4.78 is 5.24. The monoisotopic (exact) mass is 299 g/mol. The fourth-order valence-electron chi connectivity index (χ4n) is 2.05. The summed E-state index contributed by atoms with van der Waals surface area (Å²) in [5.74, 6) is -0.0129. The van der Waals surface area contributed by atoms with Crippen molar-refractivity contribution >= 4 is 28.7 Å². The number of carbonyl (C=O) groups excluding carboxylic acids is 2. The lowest BCUT2D eigenvalue weighted by molar-refractivity contribution is -0.114. The first-order valence-corrected chi connectivity index (χ1v) is 6.64. The van der Waals surface area contributed by atoms with Crippen LogP contribution in [0.3, 0.4) is 0 Å². The van der Waals surface area contributed by atoms with Crippen molar-refractivity contribution in [2.24, 2.45) is 0 Å². The Labute approximate surface area is 125 Å². The zero-order valence-corrected chi connectivity index (χ0v) is 11.8. The summed E-state index contributed by atoms with van der Waals surface area (Å²) in [7, 11) is 0. The number of benzene rings is 1. The summed E-state index contributed by atoms with van der Waals surface area (Å²) in [5.41, 5.74) is 1.65. The molecule has 0 saturated carbocycles. The molecule has 0 radical (unpaired) electrons. The SMILES string of the molecule is CC1=CC(=O)C(c2cc(-c3ccccc3Cl)on2)=CC1=O. The van der Waals surface area contributed by atoms with Gasteiger partial charge in [-0.2, -0.15) is 0 Å². The van der Waals surface area contributed by atoms with Gasteiger partial charge in [-0.3, -0.25) is 9.59 Å². The van der Waals surface area contributed by atoms with Gasteiger partial charge in [-0.1, -0.05) is 28.9 Å². The molecule has 1 aromatic heterocycles. The Morgan fingerprint density at radius 3 is 2.62 bits per heavy atom. The van der Waals surface area contributed by atoms with Crippen molar-refractivity contribution < 1.29 is 14.1 Å². The van der Waals surface area contributed by atoms with E-state index in [0.29, 0.717) is 27.6 Å². The highest BCUT2D eigenvalue weighted by atomic mass is 35.5. The average Bonchev–Trinajstić information content (AvgIpc) is 2.92. The second-order valence-electron chi connectivity index (χ2n) is 4.67. The third-order valence-electron chi connectivity index (χ3n) is 3.20. The van der Waals surface area contributed by atoms with Gasteiger partial charge in [0.15, 0.2) is 17.3 Å². The molecule has 0 saturated heterocycles. The number of allylic oxidation sites excluding steroid dienone is 4. The van der Waals surface area contributed by atoms with E-state index in [9.17, 15) is 9.59 Å². The zero-order chi connectivity index (χ0) is 15.0. The Balaban J connectivity index is 2.00. The van der Waals surface area contributed by atoms with Crippen LogP contribution in [0.25, 0.3) is 16.9 Å².